The Morgan fingerprint density at radius 2 is 1.68 bits per heavy atom. The van der Waals surface area contributed by atoms with Crippen LogP contribution in [0.2, 0.25) is 0 Å². The van der Waals surface area contributed by atoms with E-state index in [-0.39, 0.29) is 23.8 Å². The highest BCUT2D eigenvalue weighted by molar-refractivity contribution is 6.04. The number of nitro benzene ring substituents is 1. The normalized spacial score (nSPS) is 13.6. The van der Waals surface area contributed by atoms with Gasteiger partial charge in [-0.05, 0) is 60.5 Å². The number of amides is 3. The van der Waals surface area contributed by atoms with Crippen LogP contribution in [-0.2, 0) is 6.54 Å². The molecule has 3 aromatic carbocycles. The van der Waals surface area contributed by atoms with Crippen LogP contribution in [0.15, 0.2) is 66.7 Å². The Morgan fingerprint density at radius 1 is 0.971 bits per heavy atom. The molecule has 3 aromatic rings. The maximum Gasteiger partial charge on any atom is 0.324 e. The van der Waals surface area contributed by atoms with Gasteiger partial charge in [-0.3, -0.25) is 19.8 Å². The highest BCUT2D eigenvalue weighted by Crippen LogP contribution is 2.24. The highest BCUT2D eigenvalue weighted by Gasteiger charge is 2.27. The molecule has 1 fully saturated rings. The molecule has 1 heterocycles. The van der Waals surface area contributed by atoms with Crippen LogP contribution in [0, 0.1) is 21.7 Å². The average molecular weight is 466 g/mol. The molecule has 0 bridgehead atoms. The van der Waals surface area contributed by atoms with Gasteiger partial charge in [-0.1, -0.05) is 6.07 Å². The van der Waals surface area contributed by atoms with Crippen LogP contribution in [0.1, 0.15) is 22.3 Å². The zero-order chi connectivity index (χ0) is 24.2. The first-order chi connectivity index (χ1) is 16.3. The molecule has 1 saturated heterocycles. The van der Waals surface area contributed by atoms with Gasteiger partial charge in [-0.2, -0.15) is 0 Å². The summed E-state index contributed by atoms with van der Waals surface area (Å²) in [5, 5.41) is 13.5. The van der Waals surface area contributed by atoms with Crippen molar-refractivity contribution >= 4 is 29.0 Å². The van der Waals surface area contributed by atoms with Crippen LogP contribution in [0.25, 0.3) is 0 Å². The molecule has 1 aliphatic heterocycles. The monoisotopic (exact) mass is 466 g/mol. The van der Waals surface area contributed by atoms with E-state index in [1.165, 1.54) is 30.3 Å². The lowest BCUT2D eigenvalue weighted by atomic mass is 10.1. The molecule has 0 aliphatic carbocycles. The summed E-state index contributed by atoms with van der Waals surface area (Å²) in [5.74, 6) is -2.31. The maximum absolute atomic E-state index is 13.5. The molecule has 10 heteroatoms. The molecule has 1 N–H and O–H groups in total. The van der Waals surface area contributed by atoms with Gasteiger partial charge in [0.1, 0.15) is 0 Å². The first-order valence-electron chi connectivity index (χ1n) is 10.5. The number of nitro groups is 1. The minimum atomic E-state index is -0.954. The number of hydrogen-bond donors (Lipinski definition) is 1. The summed E-state index contributed by atoms with van der Waals surface area (Å²) in [5.41, 5.74) is 1.79. The number of hydrogen-bond acceptors (Lipinski definition) is 4. The van der Waals surface area contributed by atoms with Crippen molar-refractivity contribution in [2.24, 2.45) is 0 Å². The zero-order valence-electron chi connectivity index (χ0n) is 17.9. The predicted octanol–water partition coefficient (Wildman–Crippen LogP) is 4.96. The van der Waals surface area contributed by atoms with Crippen molar-refractivity contribution < 1.29 is 23.3 Å². The number of halogens is 2. The van der Waals surface area contributed by atoms with Gasteiger partial charge in [-0.25, -0.2) is 13.6 Å². The maximum atomic E-state index is 13.5. The summed E-state index contributed by atoms with van der Waals surface area (Å²) in [6, 6.07) is 15.3. The van der Waals surface area contributed by atoms with E-state index in [1.807, 2.05) is 0 Å². The van der Waals surface area contributed by atoms with Gasteiger partial charge in [-0.15, -0.1) is 0 Å². The van der Waals surface area contributed by atoms with Crippen LogP contribution in [0.3, 0.4) is 0 Å². The number of carbonyl (C=O) groups excluding carboxylic acids is 2. The molecule has 0 spiro atoms. The molecule has 4 rings (SSSR count). The average Bonchev–Trinajstić information content (AvgIpc) is 2.83. The van der Waals surface area contributed by atoms with E-state index in [1.54, 1.807) is 34.1 Å². The van der Waals surface area contributed by atoms with Crippen molar-refractivity contribution in [2.75, 3.05) is 23.3 Å². The first kappa shape index (κ1) is 22.8. The van der Waals surface area contributed by atoms with Gasteiger partial charge in [0, 0.05) is 48.7 Å². The summed E-state index contributed by atoms with van der Waals surface area (Å²) < 4.78 is 26.7. The molecule has 174 valence electrons. The minimum absolute atomic E-state index is 0.106. The molecule has 0 unspecified atom stereocenters. The molecule has 34 heavy (non-hydrogen) atoms. The number of anilines is 2. The van der Waals surface area contributed by atoms with Crippen LogP contribution in [0.5, 0.6) is 0 Å². The van der Waals surface area contributed by atoms with Crippen molar-refractivity contribution in [1.29, 1.82) is 0 Å². The van der Waals surface area contributed by atoms with E-state index in [0.717, 1.165) is 12.1 Å². The summed E-state index contributed by atoms with van der Waals surface area (Å²) in [7, 11) is 0. The topological polar surface area (TPSA) is 95.8 Å². The quantitative estimate of drug-likeness (QED) is 0.410. The van der Waals surface area contributed by atoms with Gasteiger partial charge in [0.2, 0.25) is 0 Å². The number of carbonyl (C=O) groups is 2. The highest BCUT2D eigenvalue weighted by atomic mass is 19.2. The lowest BCUT2D eigenvalue weighted by molar-refractivity contribution is -0.384. The van der Waals surface area contributed by atoms with Crippen LogP contribution < -0.4 is 10.2 Å². The fourth-order valence-corrected chi connectivity index (χ4v) is 3.69. The number of rotatable bonds is 6. The third-order valence-corrected chi connectivity index (χ3v) is 5.45. The molecular weight excluding hydrogens is 446 g/mol. The molecule has 8 nitrogen and oxygen atoms in total. The van der Waals surface area contributed by atoms with Gasteiger partial charge >= 0.3 is 6.03 Å². The first-order valence-corrected chi connectivity index (χ1v) is 10.5. The van der Waals surface area contributed by atoms with E-state index in [9.17, 15) is 28.5 Å². The lowest BCUT2D eigenvalue weighted by Gasteiger charge is -2.35. The van der Waals surface area contributed by atoms with Crippen molar-refractivity contribution in [2.45, 2.75) is 13.0 Å². The Labute approximate surface area is 193 Å². The van der Waals surface area contributed by atoms with E-state index < -0.39 is 22.5 Å². The van der Waals surface area contributed by atoms with E-state index in [2.05, 4.69) is 5.32 Å². The second-order valence-electron chi connectivity index (χ2n) is 7.76. The molecule has 0 aromatic heterocycles. The largest absolute Gasteiger partial charge is 0.324 e. The lowest BCUT2D eigenvalue weighted by Crippen LogP contribution is -2.49. The molecule has 0 saturated carbocycles. The molecule has 0 atom stereocenters. The smallest absolute Gasteiger partial charge is 0.322 e. The fraction of sp³-hybridized carbons (Fsp3) is 0.167. The summed E-state index contributed by atoms with van der Waals surface area (Å²) in [6.07, 6.45) is 0.702. The fourth-order valence-electron chi connectivity index (χ4n) is 3.69. The number of nitrogens with one attached hydrogen (secondary N) is 1. The Balaban J connectivity index is 1.41. The Kier molecular flexibility index (Phi) is 6.48. The van der Waals surface area contributed by atoms with Crippen molar-refractivity contribution in [3.8, 4) is 0 Å². The molecular formula is C24H20F2N4O4. The van der Waals surface area contributed by atoms with Crippen LogP contribution in [-0.4, -0.2) is 34.9 Å². The summed E-state index contributed by atoms with van der Waals surface area (Å²) in [4.78, 5) is 38.7. The van der Waals surface area contributed by atoms with Crippen LogP contribution >= 0.6 is 0 Å². The third kappa shape index (κ3) is 5.01. The predicted molar refractivity (Wildman–Crippen MR) is 122 cm³/mol. The SMILES string of the molecule is O=C(Nc1ccc(N2CCCN(Cc3ccc(F)c(F)c3)C2=O)cc1)c1ccc([N+](=O)[O-])cc1. The van der Waals surface area contributed by atoms with Crippen molar-refractivity contribution in [3.05, 3.63) is 99.6 Å². The number of nitrogens with zero attached hydrogens (tertiary/aromatic N) is 3. The van der Waals surface area contributed by atoms with Gasteiger partial charge in [0.15, 0.2) is 11.6 Å². The molecule has 0 radical (unpaired) electrons. The molecule has 3 amide bonds. The minimum Gasteiger partial charge on any atom is -0.322 e. The number of urea groups is 1. The second-order valence-corrected chi connectivity index (χ2v) is 7.76. The third-order valence-electron chi connectivity index (χ3n) is 5.45. The van der Waals surface area contributed by atoms with E-state index in [4.69, 9.17) is 0 Å². The Hall–Kier alpha value is -4.34. The van der Waals surface area contributed by atoms with Gasteiger partial charge in [0.05, 0.1) is 4.92 Å². The van der Waals surface area contributed by atoms with Crippen molar-refractivity contribution in [3.63, 3.8) is 0 Å². The Bertz CT molecular complexity index is 1230. The van der Waals surface area contributed by atoms with Crippen molar-refractivity contribution in [1.82, 2.24) is 4.90 Å². The summed E-state index contributed by atoms with van der Waals surface area (Å²) >= 11 is 0. The standard InChI is InChI=1S/C24H20F2N4O4/c25-21-11-2-16(14-22(21)26)15-28-12-1-13-29(24(28)32)19-9-5-18(6-10-19)27-23(31)17-3-7-20(8-4-17)30(33)34/h2-11,14H,1,12-13,15H2,(H,27,31). The molecule has 1 aliphatic rings. The van der Waals surface area contributed by atoms with E-state index in [0.29, 0.717) is 36.4 Å². The van der Waals surface area contributed by atoms with Gasteiger partial charge in [0.25, 0.3) is 11.6 Å². The zero-order valence-corrected chi connectivity index (χ0v) is 17.9. The summed E-state index contributed by atoms with van der Waals surface area (Å²) in [6.45, 7) is 1.16. The van der Waals surface area contributed by atoms with E-state index >= 15 is 0 Å². The number of non-ortho nitro benzene ring substituents is 1. The Morgan fingerprint density at radius 3 is 2.32 bits per heavy atom. The number of benzene rings is 3. The second kappa shape index (κ2) is 9.65. The van der Waals surface area contributed by atoms with Gasteiger partial charge < -0.3 is 10.2 Å². The van der Waals surface area contributed by atoms with Crippen LogP contribution in [0.4, 0.5) is 30.6 Å².